The highest BCUT2D eigenvalue weighted by Gasteiger charge is 2.21. The fraction of sp³-hybridized carbons (Fsp3) is 0.500. The third-order valence-electron chi connectivity index (χ3n) is 4.39. The Morgan fingerprint density at radius 1 is 1.12 bits per heavy atom. The van der Waals surface area contributed by atoms with E-state index in [0.717, 1.165) is 42.8 Å². The minimum atomic E-state index is -0.186. The minimum absolute atomic E-state index is 0.133. The molecule has 1 saturated carbocycles. The molecular weight excluding hydrogens is 318 g/mol. The normalized spacial score (nSPS) is 20.2. The molecule has 0 radical (unpaired) electrons. The van der Waals surface area contributed by atoms with E-state index in [-0.39, 0.29) is 18.8 Å². The molecule has 0 aromatic carbocycles. The summed E-state index contributed by atoms with van der Waals surface area (Å²) in [7, 11) is 0. The molecule has 0 saturated heterocycles. The van der Waals surface area contributed by atoms with Gasteiger partial charge in [0.2, 0.25) is 5.95 Å². The van der Waals surface area contributed by atoms with Crippen molar-refractivity contribution in [3.63, 3.8) is 0 Å². The highest BCUT2D eigenvalue weighted by atomic mass is 16.3. The predicted molar refractivity (Wildman–Crippen MR) is 97.3 cm³/mol. The second-order valence-corrected chi connectivity index (χ2v) is 6.32. The van der Waals surface area contributed by atoms with Gasteiger partial charge in [0.1, 0.15) is 5.82 Å². The molecule has 0 amide bonds. The summed E-state index contributed by atoms with van der Waals surface area (Å²) in [5.41, 5.74) is 1.68. The van der Waals surface area contributed by atoms with Crippen LogP contribution in [-0.2, 0) is 0 Å². The Kier molecular flexibility index (Phi) is 6.14. The third kappa shape index (κ3) is 4.87. The Bertz CT molecular complexity index is 660. The van der Waals surface area contributed by atoms with Gasteiger partial charge in [0.25, 0.3) is 0 Å². The Morgan fingerprint density at radius 2 is 1.96 bits per heavy atom. The maximum Gasteiger partial charge on any atom is 0.224 e. The smallest absolute Gasteiger partial charge is 0.224 e. The van der Waals surface area contributed by atoms with Crippen LogP contribution in [0.25, 0.3) is 11.3 Å². The van der Waals surface area contributed by atoms with Gasteiger partial charge in [-0.2, -0.15) is 4.98 Å². The van der Waals surface area contributed by atoms with E-state index in [9.17, 15) is 5.11 Å². The first-order valence-electron chi connectivity index (χ1n) is 8.84. The van der Waals surface area contributed by atoms with E-state index in [0.29, 0.717) is 18.9 Å². The monoisotopic (exact) mass is 343 g/mol. The number of aliphatic hydroxyl groups is 2. The second-order valence-electron chi connectivity index (χ2n) is 6.32. The molecule has 0 atom stereocenters. The number of aromatic nitrogens is 3. The standard InChI is InChI=1S/C18H25N5O2/c24-11-3-10-20-18-21-12-15(16-4-1-2-9-19-16)17(23-18)22-13-5-7-14(25)8-6-13/h1-2,4,9,12-14,24-25H,3,5-8,10-11H2,(H2,20,21,22,23)/t13-,14-. The van der Waals surface area contributed by atoms with Crippen molar-refractivity contribution in [2.24, 2.45) is 0 Å². The van der Waals surface area contributed by atoms with Crippen LogP contribution in [-0.4, -0.2) is 50.5 Å². The molecule has 7 heteroatoms. The van der Waals surface area contributed by atoms with E-state index >= 15 is 0 Å². The molecule has 7 nitrogen and oxygen atoms in total. The van der Waals surface area contributed by atoms with Crippen molar-refractivity contribution in [1.82, 2.24) is 15.0 Å². The first-order valence-corrected chi connectivity index (χ1v) is 8.84. The lowest BCUT2D eigenvalue weighted by atomic mass is 9.93. The van der Waals surface area contributed by atoms with Crippen molar-refractivity contribution in [3.05, 3.63) is 30.6 Å². The van der Waals surface area contributed by atoms with Crippen LogP contribution in [0.3, 0.4) is 0 Å². The van der Waals surface area contributed by atoms with Gasteiger partial charge in [0.15, 0.2) is 0 Å². The molecule has 4 N–H and O–H groups in total. The van der Waals surface area contributed by atoms with Gasteiger partial charge >= 0.3 is 0 Å². The van der Waals surface area contributed by atoms with E-state index < -0.39 is 0 Å². The number of rotatable bonds is 7. The van der Waals surface area contributed by atoms with E-state index in [1.165, 1.54) is 0 Å². The van der Waals surface area contributed by atoms with Gasteiger partial charge in [-0.05, 0) is 44.2 Å². The average Bonchev–Trinajstić information content (AvgIpc) is 2.65. The number of aliphatic hydroxyl groups excluding tert-OH is 2. The van der Waals surface area contributed by atoms with E-state index in [1.807, 2.05) is 18.2 Å². The number of nitrogens with one attached hydrogen (secondary N) is 2. The topological polar surface area (TPSA) is 103 Å². The molecule has 0 aliphatic heterocycles. The molecule has 25 heavy (non-hydrogen) atoms. The minimum Gasteiger partial charge on any atom is -0.396 e. The summed E-state index contributed by atoms with van der Waals surface area (Å²) in [5.74, 6) is 1.29. The molecule has 134 valence electrons. The Hall–Kier alpha value is -2.25. The Labute approximate surface area is 147 Å². The Morgan fingerprint density at radius 3 is 2.68 bits per heavy atom. The van der Waals surface area contributed by atoms with Crippen LogP contribution in [0.1, 0.15) is 32.1 Å². The van der Waals surface area contributed by atoms with Gasteiger partial charge in [-0.3, -0.25) is 4.98 Å². The lowest BCUT2D eigenvalue weighted by molar-refractivity contribution is 0.126. The van der Waals surface area contributed by atoms with Crippen LogP contribution in [0.2, 0.25) is 0 Å². The van der Waals surface area contributed by atoms with Gasteiger partial charge < -0.3 is 20.8 Å². The molecule has 3 rings (SSSR count). The van der Waals surface area contributed by atoms with Gasteiger partial charge in [0.05, 0.1) is 17.4 Å². The maximum atomic E-state index is 9.70. The van der Waals surface area contributed by atoms with Crippen molar-refractivity contribution in [3.8, 4) is 11.3 Å². The summed E-state index contributed by atoms with van der Waals surface area (Å²) in [4.78, 5) is 13.4. The summed E-state index contributed by atoms with van der Waals surface area (Å²) >= 11 is 0. The molecular formula is C18H25N5O2. The fourth-order valence-electron chi connectivity index (χ4n) is 2.98. The molecule has 0 unspecified atom stereocenters. The van der Waals surface area contributed by atoms with Crippen LogP contribution in [0.15, 0.2) is 30.6 Å². The molecule has 1 aliphatic rings. The van der Waals surface area contributed by atoms with Crippen molar-refractivity contribution in [1.29, 1.82) is 0 Å². The highest BCUT2D eigenvalue weighted by Crippen LogP contribution is 2.28. The number of nitrogens with zero attached hydrogens (tertiary/aromatic N) is 3. The van der Waals surface area contributed by atoms with Crippen LogP contribution < -0.4 is 10.6 Å². The zero-order valence-corrected chi connectivity index (χ0v) is 14.2. The zero-order chi connectivity index (χ0) is 17.5. The third-order valence-corrected chi connectivity index (χ3v) is 4.39. The van der Waals surface area contributed by atoms with Crippen molar-refractivity contribution in [2.45, 2.75) is 44.2 Å². The number of anilines is 2. The number of hydrogen-bond donors (Lipinski definition) is 4. The van der Waals surface area contributed by atoms with Crippen LogP contribution >= 0.6 is 0 Å². The predicted octanol–water partition coefficient (Wildman–Crippen LogP) is 2.05. The van der Waals surface area contributed by atoms with Gasteiger partial charge in [-0.1, -0.05) is 6.07 Å². The summed E-state index contributed by atoms with van der Waals surface area (Å²) < 4.78 is 0. The molecule has 1 fully saturated rings. The number of hydrogen-bond acceptors (Lipinski definition) is 7. The van der Waals surface area contributed by atoms with Gasteiger partial charge in [-0.25, -0.2) is 4.98 Å². The fourth-order valence-corrected chi connectivity index (χ4v) is 2.98. The zero-order valence-electron chi connectivity index (χ0n) is 14.2. The largest absolute Gasteiger partial charge is 0.396 e. The summed E-state index contributed by atoms with van der Waals surface area (Å²) in [6.07, 6.45) is 7.44. The first kappa shape index (κ1) is 17.6. The molecule has 2 heterocycles. The van der Waals surface area contributed by atoms with Crippen molar-refractivity contribution < 1.29 is 10.2 Å². The second kappa shape index (κ2) is 8.73. The van der Waals surface area contributed by atoms with E-state index in [2.05, 4.69) is 25.6 Å². The lowest BCUT2D eigenvalue weighted by Crippen LogP contribution is -2.29. The van der Waals surface area contributed by atoms with E-state index in [4.69, 9.17) is 5.11 Å². The molecule has 2 aromatic rings. The average molecular weight is 343 g/mol. The van der Waals surface area contributed by atoms with Crippen molar-refractivity contribution >= 4 is 11.8 Å². The highest BCUT2D eigenvalue weighted by molar-refractivity contribution is 5.72. The summed E-state index contributed by atoms with van der Waals surface area (Å²) in [6, 6.07) is 6.04. The quantitative estimate of drug-likeness (QED) is 0.571. The SMILES string of the molecule is OCCCNc1ncc(-c2ccccn2)c(N[C@H]2CC[C@H](O)CC2)n1. The molecule has 0 spiro atoms. The lowest BCUT2D eigenvalue weighted by Gasteiger charge is -2.27. The van der Waals surface area contributed by atoms with Gasteiger partial charge in [0, 0.05) is 31.6 Å². The van der Waals surface area contributed by atoms with Crippen LogP contribution in [0.4, 0.5) is 11.8 Å². The van der Waals surface area contributed by atoms with Gasteiger partial charge in [-0.15, -0.1) is 0 Å². The van der Waals surface area contributed by atoms with Crippen LogP contribution in [0.5, 0.6) is 0 Å². The molecule has 0 bridgehead atoms. The Balaban J connectivity index is 1.81. The maximum absolute atomic E-state index is 9.70. The summed E-state index contributed by atoms with van der Waals surface area (Å²) in [5, 5.41) is 25.2. The molecule has 1 aliphatic carbocycles. The molecule has 2 aromatic heterocycles. The summed E-state index contributed by atoms with van der Waals surface area (Å²) in [6.45, 7) is 0.753. The first-order chi connectivity index (χ1) is 12.3. The number of pyridine rings is 1. The van der Waals surface area contributed by atoms with Crippen molar-refractivity contribution in [2.75, 3.05) is 23.8 Å². The van der Waals surface area contributed by atoms with Crippen LogP contribution in [0, 0.1) is 0 Å². The van der Waals surface area contributed by atoms with E-state index in [1.54, 1.807) is 12.4 Å².